The molecule has 1 aliphatic carbocycles. The number of aromatic nitrogens is 4. The number of nitrogen functional groups attached to an aromatic ring is 1. The predicted molar refractivity (Wildman–Crippen MR) is 128 cm³/mol. The standard InChI is InChI=1S/C25H30N6O2/c1-14-27-23(26)21-24(28-14)33-25(2,3)22(29-21)18-10-8-17(9-11-18)16-6-4-15(5-7-16)12-19-13-20(32)31-30-19/h8-11,13,15-16H,4-7,12H2,1-3H3,(H2,26,27,28)(H2,30,31,32). The van der Waals surface area contributed by atoms with E-state index in [1.807, 2.05) is 13.8 Å². The Morgan fingerprint density at radius 2 is 1.82 bits per heavy atom. The fraction of sp³-hybridized carbons (Fsp3) is 0.440. The summed E-state index contributed by atoms with van der Waals surface area (Å²) in [6.07, 6.45) is 5.60. The van der Waals surface area contributed by atoms with Crippen molar-refractivity contribution in [2.75, 3.05) is 5.73 Å². The van der Waals surface area contributed by atoms with E-state index in [0.29, 0.717) is 35.0 Å². The van der Waals surface area contributed by atoms with Gasteiger partial charge in [0.2, 0.25) is 5.88 Å². The number of hydrogen-bond donors (Lipinski definition) is 3. The van der Waals surface area contributed by atoms with Gasteiger partial charge in [-0.2, -0.15) is 4.98 Å². The molecule has 0 saturated heterocycles. The summed E-state index contributed by atoms with van der Waals surface area (Å²) in [5.41, 5.74) is 10.1. The lowest BCUT2D eigenvalue weighted by Crippen LogP contribution is -2.41. The lowest BCUT2D eigenvalue weighted by molar-refractivity contribution is 0.171. The molecule has 2 aliphatic rings. The number of fused-ring (bicyclic) bond motifs is 1. The molecule has 0 atom stereocenters. The molecule has 1 saturated carbocycles. The molecular formula is C25H30N6O2. The summed E-state index contributed by atoms with van der Waals surface area (Å²) in [6.45, 7) is 5.78. The van der Waals surface area contributed by atoms with E-state index in [4.69, 9.17) is 15.5 Å². The maximum atomic E-state index is 11.3. The number of benzene rings is 1. The van der Waals surface area contributed by atoms with E-state index in [-0.39, 0.29) is 5.56 Å². The number of aryl methyl sites for hydroxylation is 1. The Morgan fingerprint density at radius 1 is 1.09 bits per heavy atom. The second kappa shape index (κ2) is 8.17. The average Bonchev–Trinajstić information content (AvgIpc) is 3.18. The van der Waals surface area contributed by atoms with E-state index < -0.39 is 5.60 Å². The molecule has 4 N–H and O–H groups in total. The van der Waals surface area contributed by atoms with E-state index in [2.05, 4.69) is 44.4 Å². The first-order chi connectivity index (χ1) is 15.8. The van der Waals surface area contributed by atoms with Crippen molar-refractivity contribution in [3.8, 4) is 5.88 Å². The minimum Gasteiger partial charge on any atom is -0.463 e. The summed E-state index contributed by atoms with van der Waals surface area (Å²) in [5.74, 6) is 2.53. The number of ether oxygens (including phenoxy) is 1. The largest absolute Gasteiger partial charge is 0.463 e. The first-order valence-corrected chi connectivity index (χ1v) is 11.6. The molecule has 3 aromatic rings. The molecule has 1 fully saturated rings. The van der Waals surface area contributed by atoms with E-state index in [0.717, 1.165) is 36.2 Å². The van der Waals surface area contributed by atoms with Crippen molar-refractivity contribution in [3.63, 3.8) is 0 Å². The molecule has 172 valence electrons. The van der Waals surface area contributed by atoms with Crippen molar-refractivity contribution in [1.29, 1.82) is 0 Å². The molecule has 5 rings (SSSR count). The number of H-pyrrole nitrogens is 2. The van der Waals surface area contributed by atoms with Crippen LogP contribution in [0.3, 0.4) is 0 Å². The van der Waals surface area contributed by atoms with Gasteiger partial charge in [0.05, 0.1) is 5.71 Å². The summed E-state index contributed by atoms with van der Waals surface area (Å²) in [6, 6.07) is 10.4. The first-order valence-electron chi connectivity index (χ1n) is 11.6. The van der Waals surface area contributed by atoms with Crippen LogP contribution in [0.5, 0.6) is 5.88 Å². The summed E-state index contributed by atoms with van der Waals surface area (Å²) >= 11 is 0. The molecule has 0 bridgehead atoms. The highest BCUT2D eigenvalue weighted by molar-refractivity contribution is 6.09. The zero-order valence-electron chi connectivity index (χ0n) is 19.3. The van der Waals surface area contributed by atoms with Gasteiger partial charge in [0.25, 0.3) is 5.56 Å². The molecular weight excluding hydrogens is 416 g/mol. The third kappa shape index (κ3) is 4.29. The highest BCUT2D eigenvalue weighted by Crippen LogP contribution is 2.40. The van der Waals surface area contributed by atoms with Gasteiger partial charge in [0.1, 0.15) is 11.4 Å². The quantitative estimate of drug-likeness (QED) is 0.555. The van der Waals surface area contributed by atoms with Crippen LogP contribution < -0.4 is 16.0 Å². The number of nitrogens with two attached hydrogens (primary N) is 1. The van der Waals surface area contributed by atoms with Crippen molar-refractivity contribution >= 4 is 17.2 Å². The van der Waals surface area contributed by atoms with Crippen LogP contribution in [0.2, 0.25) is 0 Å². The van der Waals surface area contributed by atoms with Crippen LogP contribution >= 0.6 is 0 Å². The van der Waals surface area contributed by atoms with Gasteiger partial charge in [-0.25, -0.2) is 9.98 Å². The van der Waals surface area contributed by atoms with E-state index in [1.54, 1.807) is 13.0 Å². The van der Waals surface area contributed by atoms with Crippen molar-refractivity contribution in [3.05, 3.63) is 63.3 Å². The molecule has 0 amide bonds. The Balaban J connectivity index is 1.30. The summed E-state index contributed by atoms with van der Waals surface area (Å²) in [7, 11) is 0. The first kappa shape index (κ1) is 21.4. The van der Waals surface area contributed by atoms with E-state index in [9.17, 15) is 4.79 Å². The summed E-state index contributed by atoms with van der Waals surface area (Å²) < 4.78 is 6.17. The van der Waals surface area contributed by atoms with Gasteiger partial charge in [-0.15, -0.1) is 0 Å². The SMILES string of the molecule is Cc1nc(N)c2c(n1)OC(C)(C)C(c1ccc(C3CCC(Cc4cc(=O)[nH][nH]4)CC3)cc1)=N2. The topological polar surface area (TPSA) is 122 Å². The van der Waals surface area contributed by atoms with Crippen LogP contribution in [0, 0.1) is 12.8 Å². The van der Waals surface area contributed by atoms with Crippen LogP contribution in [0.25, 0.3) is 0 Å². The van der Waals surface area contributed by atoms with Gasteiger partial charge in [-0.1, -0.05) is 24.3 Å². The summed E-state index contributed by atoms with van der Waals surface area (Å²) in [5, 5.41) is 5.61. The maximum Gasteiger partial charge on any atom is 0.264 e. The number of aliphatic imine (C=N–C) groups is 1. The van der Waals surface area contributed by atoms with Gasteiger partial charge >= 0.3 is 0 Å². The maximum absolute atomic E-state index is 11.3. The van der Waals surface area contributed by atoms with E-state index in [1.165, 1.54) is 18.4 Å². The Morgan fingerprint density at radius 3 is 2.48 bits per heavy atom. The van der Waals surface area contributed by atoms with Crippen molar-refractivity contribution in [1.82, 2.24) is 20.2 Å². The number of nitrogens with zero attached hydrogens (tertiary/aromatic N) is 3. The van der Waals surface area contributed by atoms with Crippen molar-refractivity contribution in [2.45, 2.75) is 64.4 Å². The zero-order valence-corrected chi connectivity index (χ0v) is 19.3. The molecule has 2 aromatic heterocycles. The van der Waals surface area contributed by atoms with Crippen molar-refractivity contribution < 1.29 is 4.74 Å². The highest BCUT2D eigenvalue weighted by atomic mass is 16.5. The van der Waals surface area contributed by atoms with E-state index >= 15 is 0 Å². The fourth-order valence-electron chi connectivity index (χ4n) is 5.09. The fourth-order valence-corrected chi connectivity index (χ4v) is 5.09. The Bertz CT molecular complexity index is 1250. The Labute approximate surface area is 192 Å². The van der Waals surface area contributed by atoms with Crippen molar-refractivity contribution in [2.24, 2.45) is 10.9 Å². The molecule has 8 nitrogen and oxygen atoms in total. The van der Waals surface area contributed by atoms with Crippen LogP contribution in [0.1, 0.15) is 68.1 Å². The number of rotatable bonds is 4. The second-order valence-electron chi connectivity index (χ2n) is 9.71. The van der Waals surface area contributed by atoms with Gasteiger partial charge in [0.15, 0.2) is 11.5 Å². The second-order valence-corrected chi connectivity index (χ2v) is 9.71. The molecule has 0 unspecified atom stereocenters. The molecule has 33 heavy (non-hydrogen) atoms. The number of nitrogens with one attached hydrogen (secondary N) is 2. The van der Waals surface area contributed by atoms with Crippen LogP contribution in [0.4, 0.5) is 11.5 Å². The minimum atomic E-state index is -0.626. The predicted octanol–water partition coefficient (Wildman–Crippen LogP) is 4.19. The third-order valence-electron chi connectivity index (χ3n) is 6.80. The molecule has 1 aromatic carbocycles. The van der Waals surface area contributed by atoms with Gasteiger partial charge in [-0.05, 0) is 70.3 Å². The average molecular weight is 447 g/mol. The minimum absolute atomic E-state index is 0.0521. The lowest BCUT2D eigenvalue weighted by atomic mass is 9.77. The van der Waals surface area contributed by atoms with Gasteiger partial charge in [-0.3, -0.25) is 9.89 Å². The lowest BCUT2D eigenvalue weighted by Gasteiger charge is -2.32. The molecule has 8 heteroatoms. The smallest absolute Gasteiger partial charge is 0.264 e. The summed E-state index contributed by atoms with van der Waals surface area (Å²) in [4.78, 5) is 24.7. The van der Waals surface area contributed by atoms with Crippen LogP contribution in [-0.4, -0.2) is 31.5 Å². The number of anilines is 1. The third-order valence-corrected chi connectivity index (χ3v) is 6.80. The normalized spacial score (nSPS) is 21.7. The van der Waals surface area contributed by atoms with Gasteiger partial charge < -0.3 is 15.6 Å². The van der Waals surface area contributed by atoms with Crippen LogP contribution in [-0.2, 0) is 6.42 Å². The molecule has 1 aliphatic heterocycles. The number of aromatic amines is 2. The molecule has 0 radical (unpaired) electrons. The monoisotopic (exact) mass is 446 g/mol. The Hall–Kier alpha value is -3.42. The Kier molecular flexibility index (Phi) is 5.31. The zero-order chi connectivity index (χ0) is 23.2. The molecule has 3 heterocycles. The van der Waals surface area contributed by atoms with Crippen LogP contribution in [0.15, 0.2) is 40.1 Å². The van der Waals surface area contributed by atoms with Gasteiger partial charge in [0, 0.05) is 17.3 Å². The molecule has 0 spiro atoms. The highest BCUT2D eigenvalue weighted by Gasteiger charge is 2.35. The number of hydrogen-bond acceptors (Lipinski definition) is 6.